The molecule has 0 saturated carbocycles. The Morgan fingerprint density at radius 1 is 1.00 bits per heavy atom. The Morgan fingerprint density at radius 2 is 1.67 bits per heavy atom. The quantitative estimate of drug-likeness (QED) is 0.521. The fraction of sp³-hybridized carbons (Fsp3) is 0.227. The van der Waals surface area contributed by atoms with Gasteiger partial charge in [0.05, 0.1) is 12.8 Å². The lowest BCUT2D eigenvalue weighted by molar-refractivity contribution is -0.115. The molecule has 3 N–H and O–H groups in total. The lowest BCUT2D eigenvalue weighted by Gasteiger charge is -2.08. The average molecular weight is 408 g/mol. The monoisotopic (exact) mass is 408 g/mol. The smallest absolute Gasteiger partial charge is 0.319 e. The van der Waals surface area contributed by atoms with Gasteiger partial charge >= 0.3 is 6.03 Å². The molecular weight excluding hydrogens is 384 g/mol. The summed E-state index contributed by atoms with van der Waals surface area (Å²) in [5, 5.41) is 8.28. The van der Waals surface area contributed by atoms with Crippen LogP contribution in [0.4, 0.5) is 16.2 Å². The first kappa shape index (κ1) is 20.9. The zero-order valence-electron chi connectivity index (χ0n) is 16.9. The topological polar surface area (TPSA) is 105 Å². The van der Waals surface area contributed by atoms with E-state index in [0.29, 0.717) is 36.7 Å². The van der Waals surface area contributed by atoms with E-state index in [9.17, 15) is 9.59 Å². The third kappa shape index (κ3) is 5.84. The average Bonchev–Trinajstić information content (AvgIpc) is 3.24. The number of ether oxygens (including phenoxy) is 1. The van der Waals surface area contributed by atoms with Gasteiger partial charge in [0.1, 0.15) is 12.0 Å². The van der Waals surface area contributed by atoms with Crippen LogP contribution in [0.2, 0.25) is 0 Å². The van der Waals surface area contributed by atoms with E-state index in [2.05, 4.69) is 20.9 Å². The molecule has 1 aromatic heterocycles. The van der Waals surface area contributed by atoms with Crippen LogP contribution in [-0.4, -0.2) is 30.6 Å². The molecule has 0 fully saturated rings. The minimum absolute atomic E-state index is 0.0588. The molecule has 0 atom stereocenters. The highest BCUT2D eigenvalue weighted by molar-refractivity contribution is 5.92. The van der Waals surface area contributed by atoms with Crippen molar-refractivity contribution < 1.29 is 18.7 Å². The Bertz CT molecular complexity index is 981. The maximum atomic E-state index is 12.1. The van der Waals surface area contributed by atoms with Gasteiger partial charge < -0.3 is 25.1 Å². The maximum absolute atomic E-state index is 12.1. The van der Waals surface area contributed by atoms with Gasteiger partial charge in [-0.15, -0.1) is 0 Å². The first-order valence-corrected chi connectivity index (χ1v) is 9.61. The summed E-state index contributed by atoms with van der Waals surface area (Å²) in [5.41, 5.74) is 2.92. The number of oxazole rings is 1. The fourth-order valence-corrected chi connectivity index (χ4v) is 2.65. The van der Waals surface area contributed by atoms with E-state index in [4.69, 9.17) is 9.15 Å². The molecule has 0 bridgehead atoms. The zero-order chi connectivity index (χ0) is 21.3. The van der Waals surface area contributed by atoms with E-state index in [-0.39, 0.29) is 11.9 Å². The van der Waals surface area contributed by atoms with Crippen molar-refractivity contribution in [2.24, 2.45) is 0 Å². The molecule has 1 heterocycles. The number of rotatable bonds is 8. The second-order valence-corrected chi connectivity index (χ2v) is 6.48. The number of nitrogens with zero attached hydrogens (tertiary/aromatic N) is 1. The molecule has 0 saturated heterocycles. The van der Waals surface area contributed by atoms with Crippen LogP contribution >= 0.6 is 0 Å². The molecule has 0 unspecified atom stereocenters. The van der Waals surface area contributed by atoms with Crippen molar-refractivity contribution in [3.05, 3.63) is 60.5 Å². The summed E-state index contributed by atoms with van der Waals surface area (Å²) < 4.78 is 10.7. The number of carbonyl (C=O) groups excluding carboxylic acids is 2. The molecule has 8 nitrogen and oxygen atoms in total. The second kappa shape index (κ2) is 10.1. The molecule has 3 amide bonds. The van der Waals surface area contributed by atoms with Gasteiger partial charge in [-0.05, 0) is 48.5 Å². The molecule has 0 spiro atoms. The highest BCUT2D eigenvalue weighted by atomic mass is 16.5. The Balaban J connectivity index is 1.44. The van der Waals surface area contributed by atoms with E-state index in [1.165, 1.54) is 0 Å². The number of aromatic nitrogens is 1. The molecule has 8 heteroatoms. The normalized spacial score (nSPS) is 10.3. The van der Waals surface area contributed by atoms with E-state index in [0.717, 1.165) is 17.0 Å². The molecule has 0 aliphatic carbocycles. The molecule has 0 aliphatic rings. The number of carbonyl (C=O) groups is 2. The SMILES string of the molecule is CCC(=O)Nc1ccc(NC(=O)NCCc2coc(-c3ccc(OC)cc3)n2)cc1. The third-order valence-corrected chi connectivity index (χ3v) is 4.30. The third-order valence-electron chi connectivity index (χ3n) is 4.30. The number of nitrogens with one attached hydrogen (secondary N) is 3. The van der Waals surface area contributed by atoms with Crippen molar-refractivity contribution in [2.75, 3.05) is 24.3 Å². The van der Waals surface area contributed by atoms with E-state index in [1.807, 2.05) is 24.3 Å². The van der Waals surface area contributed by atoms with Crippen molar-refractivity contribution in [3.8, 4) is 17.2 Å². The van der Waals surface area contributed by atoms with E-state index < -0.39 is 0 Å². The zero-order valence-corrected chi connectivity index (χ0v) is 16.9. The number of benzene rings is 2. The molecule has 156 valence electrons. The summed E-state index contributed by atoms with van der Waals surface area (Å²) in [6.07, 6.45) is 2.53. The van der Waals surface area contributed by atoms with Gasteiger partial charge in [-0.25, -0.2) is 9.78 Å². The molecule has 2 aromatic carbocycles. The van der Waals surface area contributed by atoms with Crippen molar-refractivity contribution in [2.45, 2.75) is 19.8 Å². The van der Waals surface area contributed by atoms with Crippen molar-refractivity contribution in [1.29, 1.82) is 0 Å². The summed E-state index contributed by atoms with van der Waals surface area (Å²) in [6, 6.07) is 14.0. The van der Waals surface area contributed by atoms with Gasteiger partial charge in [-0.2, -0.15) is 0 Å². The van der Waals surface area contributed by atoms with Crippen LogP contribution in [0.15, 0.2) is 59.2 Å². The van der Waals surface area contributed by atoms with Crippen LogP contribution in [0, 0.1) is 0 Å². The summed E-state index contributed by atoms with van der Waals surface area (Å²) in [4.78, 5) is 27.9. The van der Waals surface area contributed by atoms with Gasteiger partial charge in [0.15, 0.2) is 0 Å². The van der Waals surface area contributed by atoms with Crippen molar-refractivity contribution >= 4 is 23.3 Å². The van der Waals surface area contributed by atoms with E-state index in [1.54, 1.807) is 44.6 Å². The molecule has 30 heavy (non-hydrogen) atoms. The van der Waals surface area contributed by atoms with Gasteiger partial charge in [0, 0.05) is 36.3 Å². The lowest BCUT2D eigenvalue weighted by Crippen LogP contribution is -2.30. The number of amides is 3. The largest absolute Gasteiger partial charge is 0.497 e. The Kier molecular flexibility index (Phi) is 7.05. The van der Waals surface area contributed by atoms with Crippen molar-refractivity contribution in [1.82, 2.24) is 10.3 Å². The summed E-state index contributed by atoms with van der Waals surface area (Å²) in [5.74, 6) is 1.23. The summed E-state index contributed by atoms with van der Waals surface area (Å²) >= 11 is 0. The minimum atomic E-state index is -0.320. The van der Waals surface area contributed by atoms with Crippen LogP contribution in [0.1, 0.15) is 19.0 Å². The van der Waals surface area contributed by atoms with Crippen LogP contribution in [0.5, 0.6) is 5.75 Å². The first-order chi connectivity index (χ1) is 14.6. The van der Waals surface area contributed by atoms with Crippen LogP contribution in [-0.2, 0) is 11.2 Å². The van der Waals surface area contributed by atoms with Crippen LogP contribution in [0.3, 0.4) is 0 Å². The number of anilines is 2. The molecule has 0 radical (unpaired) electrons. The highest BCUT2D eigenvalue weighted by Gasteiger charge is 2.08. The lowest BCUT2D eigenvalue weighted by atomic mass is 10.2. The Labute approximate surface area is 174 Å². The van der Waals surface area contributed by atoms with Gasteiger partial charge in [-0.3, -0.25) is 4.79 Å². The van der Waals surface area contributed by atoms with Crippen LogP contribution in [0.25, 0.3) is 11.5 Å². The van der Waals surface area contributed by atoms with Crippen molar-refractivity contribution in [3.63, 3.8) is 0 Å². The summed E-state index contributed by atoms with van der Waals surface area (Å²) in [6.45, 7) is 2.19. The van der Waals surface area contributed by atoms with Gasteiger partial charge in [-0.1, -0.05) is 6.92 Å². The molecule has 0 aliphatic heterocycles. The standard InChI is InChI=1S/C22H24N4O4/c1-3-20(27)24-16-6-8-17(9-7-16)26-22(28)23-13-12-18-14-30-21(25-18)15-4-10-19(29-2)11-5-15/h4-11,14H,3,12-13H2,1-2H3,(H,24,27)(H2,23,26,28). The predicted octanol–water partition coefficient (Wildman–Crippen LogP) is 4.06. The predicted molar refractivity (Wildman–Crippen MR) is 115 cm³/mol. The molecule has 3 aromatic rings. The Hall–Kier alpha value is -3.81. The van der Waals surface area contributed by atoms with Crippen LogP contribution < -0.4 is 20.7 Å². The number of urea groups is 1. The maximum Gasteiger partial charge on any atom is 0.319 e. The molecule has 3 rings (SSSR count). The minimum Gasteiger partial charge on any atom is -0.497 e. The summed E-state index contributed by atoms with van der Waals surface area (Å²) in [7, 11) is 1.61. The number of hydrogen-bond acceptors (Lipinski definition) is 5. The number of methoxy groups -OCH3 is 1. The number of hydrogen-bond donors (Lipinski definition) is 3. The molecular formula is C22H24N4O4. The van der Waals surface area contributed by atoms with Gasteiger partial charge in [0.25, 0.3) is 0 Å². The Morgan fingerprint density at radius 3 is 2.30 bits per heavy atom. The highest BCUT2D eigenvalue weighted by Crippen LogP contribution is 2.21. The fourth-order valence-electron chi connectivity index (χ4n) is 2.65. The van der Waals surface area contributed by atoms with E-state index >= 15 is 0 Å². The second-order valence-electron chi connectivity index (χ2n) is 6.48. The first-order valence-electron chi connectivity index (χ1n) is 9.61. The van der Waals surface area contributed by atoms with Gasteiger partial charge in [0.2, 0.25) is 11.8 Å².